The SMILES string of the molecule is CC(C)N1CC=C(C(C)(C)N2[C@@H]3CC[C@H]2CC(O)C3)CC1. The summed E-state index contributed by atoms with van der Waals surface area (Å²) in [5.74, 6) is 0. The second kappa shape index (κ2) is 5.68. The highest BCUT2D eigenvalue weighted by molar-refractivity contribution is 5.23. The van der Waals surface area contributed by atoms with Crippen molar-refractivity contribution >= 4 is 0 Å². The Morgan fingerprint density at radius 1 is 1.19 bits per heavy atom. The molecule has 21 heavy (non-hydrogen) atoms. The fraction of sp³-hybridized carbons (Fsp3) is 0.889. The third-order valence-electron chi connectivity index (χ3n) is 6.11. The van der Waals surface area contributed by atoms with Gasteiger partial charge in [-0.1, -0.05) is 11.6 Å². The van der Waals surface area contributed by atoms with Crippen LogP contribution in [0.3, 0.4) is 0 Å². The van der Waals surface area contributed by atoms with Gasteiger partial charge in [0.15, 0.2) is 0 Å². The standard InChI is InChI=1S/C18H32N2O/c1-13(2)19-9-7-14(8-10-19)18(3,4)20-15-5-6-16(20)12-17(21)11-15/h7,13,15-17,21H,5-6,8-12H2,1-4H3/t15-,16+,17?. The lowest BCUT2D eigenvalue weighted by atomic mass is 9.83. The van der Waals surface area contributed by atoms with Crippen molar-refractivity contribution in [3.8, 4) is 0 Å². The molecule has 0 aromatic heterocycles. The second-order valence-corrected chi connectivity index (χ2v) is 8.04. The van der Waals surface area contributed by atoms with Gasteiger partial charge in [-0.25, -0.2) is 0 Å². The summed E-state index contributed by atoms with van der Waals surface area (Å²) in [6.07, 6.45) is 8.12. The molecule has 3 aliphatic heterocycles. The Kier molecular flexibility index (Phi) is 4.19. The molecule has 3 nitrogen and oxygen atoms in total. The molecule has 0 saturated carbocycles. The zero-order valence-corrected chi connectivity index (χ0v) is 14.2. The molecular formula is C18H32N2O. The van der Waals surface area contributed by atoms with Crippen LogP contribution in [0.1, 0.15) is 59.8 Å². The molecule has 3 heteroatoms. The van der Waals surface area contributed by atoms with Crippen molar-refractivity contribution in [3.05, 3.63) is 11.6 Å². The minimum Gasteiger partial charge on any atom is -0.393 e. The molecule has 3 aliphatic rings. The van der Waals surface area contributed by atoms with E-state index in [-0.39, 0.29) is 11.6 Å². The molecule has 0 aliphatic carbocycles. The topological polar surface area (TPSA) is 26.7 Å². The third kappa shape index (κ3) is 2.80. The van der Waals surface area contributed by atoms with E-state index < -0.39 is 0 Å². The Bertz CT molecular complexity index is 401. The molecule has 3 atom stereocenters. The zero-order valence-electron chi connectivity index (χ0n) is 14.2. The number of piperidine rings is 1. The summed E-state index contributed by atoms with van der Waals surface area (Å²) in [5, 5.41) is 10.0. The van der Waals surface area contributed by atoms with Crippen LogP contribution in [0.4, 0.5) is 0 Å². The molecule has 2 saturated heterocycles. The predicted octanol–water partition coefficient (Wildman–Crippen LogP) is 2.79. The van der Waals surface area contributed by atoms with Gasteiger partial charge in [0.05, 0.1) is 6.10 Å². The first kappa shape index (κ1) is 15.5. The van der Waals surface area contributed by atoms with Crippen molar-refractivity contribution in [2.75, 3.05) is 13.1 Å². The van der Waals surface area contributed by atoms with Crippen LogP contribution in [0.25, 0.3) is 0 Å². The largest absolute Gasteiger partial charge is 0.393 e. The quantitative estimate of drug-likeness (QED) is 0.810. The summed E-state index contributed by atoms with van der Waals surface area (Å²) >= 11 is 0. The normalized spacial score (nSPS) is 35.3. The summed E-state index contributed by atoms with van der Waals surface area (Å²) in [5.41, 5.74) is 1.78. The van der Waals surface area contributed by atoms with E-state index in [0.717, 1.165) is 19.4 Å². The lowest BCUT2D eigenvalue weighted by Crippen LogP contribution is -2.57. The molecule has 2 fully saturated rings. The first-order valence-electron chi connectivity index (χ1n) is 8.79. The molecule has 1 unspecified atom stereocenters. The van der Waals surface area contributed by atoms with Gasteiger partial charge in [-0.05, 0) is 59.8 Å². The number of aliphatic hydroxyl groups is 1. The predicted molar refractivity (Wildman–Crippen MR) is 87.4 cm³/mol. The lowest BCUT2D eigenvalue weighted by molar-refractivity contribution is -0.00995. The lowest BCUT2D eigenvalue weighted by Gasteiger charge is -2.50. The maximum Gasteiger partial charge on any atom is 0.0570 e. The first-order valence-corrected chi connectivity index (χ1v) is 8.79. The average Bonchev–Trinajstić information content (AvgIpc) is 2.72. The number of rotatable bonds is 3. The smallest absolute Gasteiger partial charge is 0.0570 e. The first-order chi connectivity index (χ1) is 9.89. The second-order valence-electron chi connectivity index (χ2n) is 8.04. The van der Waals surface area contributed by atoms with E-state index in [2.05, 4.69) is 43.6 Å². The third-order valence-corrected chi connectivity index (χ3v) is 6.11. The summed E-state index contributed by atoms with van der Waals surface area (Å²) in [7, 11) is 0. The maximum atomic E-state index is 10.0. The van der Waals surface area contributed by atoms with Crippen LogP contribution < -0.4 is 0 Å². The number of hydrogen-bond acceptors (Lipinski definition) is 3. The van der Waals surface area contributed by atoms with Gasteiger partial charge in [0, 0.05) is 36.8 Å². The van der Waals surface area contributed by atoms with Gasteiger partial charge in [0.25, 0.3) is 0 Å². The highest BCUT2D eigenvalue weighted by Crippen LogP contribution is 2.44. The van der Waals surface area contributed by atoms with Gasteiger partial charge in [0.1, 0.15) is 0 Å². The zero-order chi connectivity index (χ0) is 15.2. The number of fused-ring (bicyclic) bond motifs is 2. The Morgan fingerprint density at radius 3 is 2.29 bits per heavy atom. The molecule has 3 heterocycles. The van der Waals surface area contributed by atoms with E-state index in [0.29, 0.717) is 18.1 Å². The minimum absolute atomic E-state index is 0.0636. The fourth-order valence-electron chi connectivity index (χ4n) is 4.94. The van der Waals surface area contributed by atoms with E-state index in [9.17, 15) is 5.11 Å². The van der Waals surface area contributed by atoms with Crippen molar-refractivity contribution < 1.29 is 5.11 Å². The molecule has 0 spiro atoms. The van der Waals surface area contributed by atoms with E-state index in [1.165, 1.54) is 25.8 Å². The number of nitrogens with zero attached hydrogens (tertiary/aromatic N) is 2. The van der Waals surface area contributed by atoms with Crippen molar-refractivity contribution in [2.24, 2.45) is 0 Å². The van der Waals surface area contributed by atoms with Gasteiger partial charge in [-0.2, -0.15) is 0 Å². The molecule has 0 aromatic rings. The average molecular weight is 292 g/mol. The highest BCUT2D eigenvalue weighted by Gasteiger charge is 2.47. The summed E-state index contributed by atoms with van der Waals surface area (Å²) in [6.45, 7) is 11.7. The van der Waals surface area contributed by atoms with Crippen LogP contribution in [0, 0.1) is 0 Å². The molecule has 120 valence electrons. The van der Waals surface area contributed by atoms with Crippen LogP contribution in [0.2, 0.25) is 0 Å². The van der Waals surface area contributed by atoms with Gasteiger partial charge >= 0.3 is 0 Å². The van der Waals surface area contributed by atoms with Crippen LogP contribution >= 0.6 is 0 Å². The molecule has 0 aromatic carbocycles. The van der Waals surface area contributed by atoms with Crippen LogP contribution in [-0.2, 0) is 0 Å². The number of hydrogen-bond donors (Lipinski definition) is 1. The molecule has 0 amide bonds. The van der Waals surface area contributed by atoms with E-state index in [1.54, 1.807) is 5.57 Å². The molecular weight excluding hydrogens is 260 g/mol. The van der Waals surface area contributed by atoms with Crippen molar-refractivity contribution in [2.45, 2.75) is 89.6 Å². The van der Waals surface area contributed by atoms with Gasteiger partial charge in [-0.15, -0.1) is 0 Å². The Labute approximate surface area is 130 Å². The van der Waals surface area contributed by atoms with Gasteiger partial charge < -0.3 is 5.11 Å². The van der Waals surface area contributed by atoms with Crippen molar-refractivity contribution in [1.82, 2.24) is 9.80 Å². The van der Waals surface area contributed by atoms with Gasteiger partial charge in [0.2, 0.25) is 0 Å². The molecule has 3 rings (SSSR count). The monoisotopic (exact) mass is 292 g/mol. The minimum atomic E-state index is -0.0636. The Balaban J connectivity index is 1.75. The highest BCUT2D eigenvalue weighted by atomic mass is 16.3. The van der Waals surface area contributed by atoms with Crippen molar-refractivity contribution in [1.29, 1.82) is 0 Å². The Hall–Kier alpha value is -0.380. The summed E-state index contributed by atoms with van der Waals surface area (Å²) in [6, 6.07) is 1.84. The van der Waals surface area contributed by atoms with E-state index in [1.807, 2.05) is 0 Å². The number of aliphatic hydroxyl groups excluding tert-OH is 1. The van der Waals surface area contributed by atoms with E-state index in [4.69, 9.17) is 0 Å². The summed E-state index contributed by atoms with van der Waals surface area (Å²) in [4.78, 5) is 5.30. The Morgan fingerprint density at radius 2 is 1.81 bits per heavy atom. The summed E-state index contributed by atoms with van der Waals surface area (Å²) < 4.78 is 0. The molecule has 0 radical (unpaired) electrons. The van der Waals surface area contributed by atoms with Gasteiger partial charge in [-0.3, -0.25) is 9.80 Å². The molecule has 1 N–H and O–H groups in total. The maximum absolute atomic E-state index is 10.0. The van der Waals surface area contributed by atoms with E-state index >= 15 is 0 Å². The fourth-order valence-corrected chi connectivity index (χ4v) is 4.94. The van der Waals surface area contributed by atoms with Crippen LogP contribution in [0.5, 0.6) is 0 Å². The van der Waals surface area contributed by atoms with Crippen LogP contribution in [0.15, 0.2) is 11.6 Å². The van der Waals surface area contributed by atoms with Crippen molar-refractivity contribution in [3.63, 3.8) is 0 Å². The van der Waals surface area contributed by atoms with Crippen LogP contribution in [-0.4, -0.2) is 57.8 Å². The molecule has 2 bridgehead atoms.